The Bertz CT molecular complexity index is 708. The van der Waals surface area contributed by atoms with Crippen LogP contribution in [0.4, 0.5) is 0 Å². The van der Waals surface area contributed by atoms with Crippen LogP contribution >= 0.6 is 0 Å². The van der Waals surface area contributed by atoms with E-state index in [0.717, 1.165) is 12.0 Å². The van der Waals surface area contributed by atoms with Crippen LogP contribution in [0.15, 0.2) is 91.0 Å². The molecule has 0 aliphatic rings. The molecule has 5 heteroatoms. The van der Waals surface area contributed by atoms with Gasteiger partial charge in [0.25, 0.3) is 0 Å². The van der Waals surface area contributed by atoms with Crippen LogP contribution in [0.1, 0.15) is 37.5 Å². The van der Waals surface area contributed by atoms with Crippen molar-refractivity contribution in [1.82, 2.24) is 0 Å². The predicted molar refractivity (Wildman–Crippen MR) is 112 cm³/mol. The Hall–Kier alpha value is -2.70. The third kappa shape index (κ3) is 9.36. The molecule has 29 heavy (non-hydrogen) atoms. The number of para-hydroxylation sites is 1. The summed E-state index contributed by atoms with van der Waals surface area (Å²) in [6.07, 6.45) is 0.977. The lowest BCUT2D eigenvalue weighted by Gasteiger charge is -2.13. The SMILES string of the molecule is CCOOC(CC)c1ccccc1.c1ccc(COOOc2ccccc2)cc1. The highest BCUT2D eigenvalue weighted by Crippen LogP contribution is 2.20. The molecule has 0 bridgehead atoms. The lowest BCUT2D eigenvalue weighted by Crippen LogP contribution is -2.03. The molecule has 0 spiro atoms. The predicted octanol–water partition coefficient (Wildman–Crippen LogP) is 6.23. The normalized spacial score (nSPS) is 11.2. The molecule has 3 rings (SSSR count). The maximum atomic E-state index is 5.23. The van der Waals surface area contributed by atoms with Gasteiger partial charge in [-0.25, -0.2) is 9.78 Å². The summed E-state index contributed by atoms with van der Waals surface area (Å²) in [6.45, 7) is 4.94. The van der Waals surface area contributed by atoms with Crippen molar-refractivity contribution in [1.29, 1.82) is 0 Å². The first-order valence-electron chi connectivity index (χ1n) is 9.71. The minimum atomic E-state index is 0.0566. The summed E-state index contributed by atoms with van der Waals surface area (Å²) in [5, 5.41) is 4.62. The number of hydrogen-bond donors (Lipinski definition) is 0. The summed E-state index contributed by atoms with van der Waals surface area (Å²) in [7, 11) is 0. The van der Waals surface area contributed by atoms with Gasteiger partial charge in [-0.2, -0.15) is 4.89 Å². The zero-order valence-electron chi connectivity index (χ0n) is 16.9. The van der Waals surface area contributed by atoms with Crippen LogP contribution in [0.3, 0.4) is 0 Å². The molecule has 0 amide bonds. The molecular formula is C24H28O5. The van der Waals surface area contributed by atoms with Crippen LogP contribution in [0.5, 0.6) is 5.75 Å². The summed E-state index contributed by atoms with van der Waals surface area (Å²) >= 11 is 0. The van der Waals surface area contributed by atoms with E-state index < -0.39 is 0 Å². The smallest absolute Gasteiger partial charge is 0.168 e. The second-order valence-corrected chi connectivity index (χ2v) is 6.02. The van der Waals surface area contributed by atoms with Gasteiger partial charge in [0, 0.05) is 0 Å². The standard InChI is InChI=1S/C13H12O3.C11H16O2/c1-3-7-12(8-4-1)11-14-16-15-13-9-5-2-6-10-13;1-3-11(13-12-4-2)10-8-6-5-7-9-10/h1-10H,11H2;5-9,11H,3-4H2,1-2H3. The van der Waals surface area contributed by atoms with Crippen LogP contribution < -0.4 is 4.89 Å². The van der Waals surface area contributed by atoms with E-state index >= 15 is 0 Å². The molecule has 0 saturated heterocycles. The Morgan fingerprint density at radius 1 is 0.690 bits per heavy atom. The van der Waals surface area contributed by atoms with Crippen LogP contribution in [0.2, 0.25) is 0 Å². The number of rotatable bonds is 10. The van der Waals surface area contributed by atoms with Gasteiger partial charge in [0.15, 0.2) is 5.75 Å². The molecule has 0 aliphatic carbocycles. The first-order valence-corrected chi connectivity index (χ1v) is 9.71. The van der Waals surface area contributed by atoms with Gasteiger partial charge in [-0.3, -0.25) is 0 Å². The molecule has 0 radical (unpaired) electrons. The van der Waals surface area contributed by atoms with Crippen molar-refractivity contribution in [2.75, 3.05) is 6.61 Å². The van der Waals surface area contributed by atoms with E-state index in [4.69, 9.17) is 19.6 Å². The van der Waals surface area contributed by atoms with E-state index in [1.165, 1.54) is 5.56 Å². The highest BCUT2D eigenvalue weighted by atomic mass is 17.5. The third-order valence-corrected chi connectivity index (χ3v) is 3.83. The van der Waals surface area contributed by atoms with Crippen molar-refractivity contribution in [2.24, 2.45) is 0 Å². The molecule has 3 aromatic carbocycles. The molecule has 1 atom stereocenters. The summed E-state index contributed by atoms with van der Waals surface area (Å²) in [6, 6.07) is 29.0. The zero-order chi connectivity index (χ0) is 20.6. The average Bonchev–Trinajstić information content (AvgIpc) is 2.80. The van der Waals surface area contributed by atoms with Gasteiger partial charge in [-0.05, 0) is 41.6 Å². The summed E-state index contributed by atoms with van der Waals surface area (Å²) in [5.74, 6) is 0.607. The van der Waals surface area contributed by atoms with Gasteiger partial charge in [0.1, 0.15) is 12.7 Å². The van der Waals surface area contributed by atoms with Gasteiger partial charge in [-0.1, -0.05) is 85.8 Å². The van der Waals surface area contributed by atoms with Gasteiger partial charge in [-0.15, -0.1) is 0 Å². The molecular weight excluding hydrogens is 368 g/mol. The van der Waals surface area contributed by atoms with Crippen molar-refractivity contribution in [3.05, 3.63) is 102 Å². The Morgan fingerprint density at radius 3 is 1.86 bits per heavy atom. The molecule has 0 aliphatic heterocycles. The highest BCUT2D eigenvalue weighted by molar-refractivity contribution is 5.20. The quantitative estimate of drug-likeness (QED) is 0.231. The van der Waals surface area contributed by atoms with Gasteiger partial charge >= 0.3 is 0 Å². The Kier molecular flexibility index (Phi) is 11.2. The summed E-state index contributed by atoms with van der Waals surface area (Å²) in [4.78, 5) is 20.0. The fourth-order valence-corrected chi connectivity index (χ4v) is 2.38. The first kappa shape index (κ1) is 22.6. The van der Waals surface area contributed by atoms with Gasteiger partial charge < -0.3 is 4.89 Å². The maximum Gasteiger partial charge on any atom is 0.168 e. The minimum absolute atomic E-state index is 0.0566. The maximum absolute atomic E-state index is 5.23. The Morgan fingerprint density at radius 2 is 1.28 bits per heavy atom. The van der Waals surface area contributed by atoms with Crippen LogP contribution in [-0.4, -0.2) is 6.61 Å². The molecule has 5 nitrogen and oxygen atoms in total. The van der Waals surface area contributed by atoms with E-state index in [1.54, 1.807) is 12.1 Å². The monoisotopic (exact) mass is 396 g/mol. The van der Waals surface area contributed by atoms with E-state index in [-0.39, 0.29) is 6.10 Å². The molecule has 0 N–H and O–H groups in total. The van der Waals surface area contributed by atoms with Crippen LogP contribution in [0.25, 0.3) is 0 Å². The largest absolute Gasteiger partial charge is 0.308 e. The first-order chi connectivity index (χ1) is 14.3. The zero-order valence-corrected chi connectivity index (χ0v) is 16.9. The van der Waals surface area contributed by atoms with Crippen molar-refractivity contribution < 1.29 is 24.6 Å². The fraction of sp³-hybridized carbons (Fsp3) is 0.250. The second-order valence-electron chi connectivity index (χ2n) is 6.02. The van der Waals surface area contributed by atoms with Crippen molar-refractivity contribution in [2.45, 2.75) is 33.0 Å². The van der Waals surface area contributed by atoms with E-state index in [0.29, 0.717) is 19.0 Å². The highest BCUT2D eigenvalue weighted by Gasteiger charge is 2.09. The molecule has 0 saturated carbocycles. The van der Waals surface area contributed by atoms with Crippen LogP contribution in [0, 0.1) is 0 Å². The van der Waals surface area contributed by atoms with Crippen LogP contribution in [-0.2, 0) is 26.3 Å². The fourth-order valence-electron chi connectivity index (χ4n) is 2.38. The Balaban J connectivity index is 0.000000212. The molecule has 3 aromatic rings. The van der Waals surface area contributed by atoms with Gasteiger partial charge in [0.2, 0.25) is 0 Å². The van der Waals surface area contributed by atoms with Crippen molar-refractivity contribution in [3.63, 3.8) is 0 Å². The molecule has 0 fully saturated rings. The minimum Gasteiger partial charge on any atom is -0.308 e. The second kappa shape index (κ2) is 14.3. The summed E-state index contributed by atoms with van der Waals surface area (Å²) in [5.41, 5.74) is 2.19. The van der Waals surface area contributed by atoms with Crippen molar-refractivity contribution >= 4 is 0 Å². The lowest BCUT2D eigenvalue weighted by atomic mass is 10.1. The van der Waals surface area contributed by atoms with Crippen molar-refractivity contribution in [3.8, 4) is 5.75 Å². The molecule has 0 aromatic heterocycles. The Labute approximate surface area is 172 Å². The third-order valence-electron chi connectivity index (χ3n) is 3.83. The van der Waals surface area contributed by atoms with E-state index in [2.05, 4.69) is 12.0 Å². The lowest BCUT2D eigenvalue weighted by molar-refractivity contribution is -0.472. The molecule has 1 unspecified atom stereocenters. The number of hydrogen-bond acceptors (Lipinski definition) is 5. The molecule has 154 valence electrons. The van der Waals surface area contributed by atoms with Gasteiger partial charge in [0.05, 0.1) is 6.61 Å². The van der Waals surface area contributed by atoms with E-state index in [9.17, 15) is 0 Å². The average molecular weight is 396 g/mol. The topological polar surface area (TPSA) is 46.2 Å². The van der Waals surface area contributed by atoms with E-state index in [1.807, 2.05) is 85.8 Å². The summed E-state index contributed by atoms with van der Waals surface area (Å²) < 4.78 is 0. The number of benzene rings is 3. The molecule has 0 heterocycles.